The molecular weight excluding hydrogens is 132 g/mol. The fourth-order valence-electron chi connectivity index (χ4n) is 2.51. The first kappa shape index (κ1) is 7.64. The highest BCUT2D eigenvalue weighted by Gasteiger charge is 2.38. The van der Waals surface area contributed by atoms with Crippen LogP contribution in [0.3, 0.4) is 0 Å². The van der Waals surface area contributed by atoms with Crippen molar-refractivity contribution in [3.05, 3.63) is 5.92 Å². The molecule has 2 rings (SSSR count). The van der Waals surface area contributed by atoms with Gasteiger partial charge in [0.2, 0.25) is 0 Å². The van der Waals surface area contributed by atoms with Crippen molar-refractivity contribution in [1.29, 1.82) is 0 Å². The molecule has 2 saturated carbocycles. The van der Waals surface area contributed by atoms with E-state index in [9.17, 15) is 0 Å². The molecule has 0 aliphatic heterocycles. The van der Waals surface area contributed by atoms with Gasteiger partial charge in [-0.15, -0.1) is 0 Å². The molecule has 0 aromatic rings. The van der Waals surface area contributed by atoms with Gasteiger partial charge in [-0.2, -0.15) is 0 Å². The Morgan fingerprint density at radius 3 is 2.45 bits per heavy atom. The average Bonchev–Trinajstić information content (AvgIpc) is 1.89. The van der Waals surface area contributed by atoms with Gasteiger partial charge in [-0.3, -0.25) is 0 Å². The van der Waals surface area contributed by atoms with E-state index < -0.39 is 0 Å². The van der Waals surface area contributed by atoms with Crippen LogP contribution in [0.15, 0.2) is 0 Å². The number of hydrogen-bond acceptors (Lipinski definition) is 0. The van der Waals surface area contributed by atoms with Crippen molar-refractivity contribution in [2.75, 3.05) is 0 Å². The first-order chi connectivity index (χ1) is 5.42. The molecule has 0 heteroatoms. The van der Waals surface area contributed by atoms with Crippen molar-refractivity contribution in [1.82, 2.24) is 0 Å². The Kier molecular flexibility index (Phi) is 2.20. The van der Waals surface area contributed by atoms with Crippen LogP contribution in [0.5, 0.6) is 0 Å². The first-order valence-corrected chi connectivity index (χ1v) is 5.27. The summed E-state index contributed by atoms with van der Waals surface area (Å²) in [6, 6.07) is 0. The fourth-order valence-corrected chi connectivity index (χ4v) is 2.51. The summed E-state index contributed by atoms with van der Waals surface area (Å²) in [4.78, 5) is 0. The molecule has 2 aliphatic rings. The SMILES string of the molecule is CCCC1CC[C]1C1CCC1. The molecular formula is C11H19. The van der Waals surface area contributed by atoms with E-state index >= 15 is 0 Å². The van der Waals surface area contributed by atoms with Gasteiger partial charge in [0.25, 0.3) is 0 Å². The third-order valence-corrected chi connectivity index (χ3v) is 3.57. The minimum absolute atomic E-state index is 1.06. The maximum Gasteiger partial charge on any atom is -0.0179 e. The van der Waals surface area contributed by atoms with Crippen molar-refractivity contribution >= 4 is 0 Å². The summed E-state index contributed by atoms with van der Waals surface area (Å²) in [6.07, 6.45) is 10.4. The predicted molar refractivity (Wildman–Crippen MR) is 48.2 cm³/mol. The van der Waals surface area contributed by atoms with Crippen LogP contribution in [0.1, 0.15) is 51.9 Å². The van der Waals surface area contributed by atoms with Gasteiger partial charge in [-0.05, 0) is 43.4 Å². The molecule has 0 nitrogen and oxygen atoms in total. The Morgan fingerprint density at radius 2 is 2.09 bits per heavy atom. The lowest BCUT2D eigenvalue weighted by Crippen LogP contribution is -2.33. The van der Waals surface area contributed by atoms with Gasteiger partial charge in [-0.25, -0.2) is 0 Å². The quantitative estimate of drug-likeness (QED) is 0.578. The van der Waals surface area contributed by atoms with Crippen LogP contribution in [0.2, 0.25) is 0 Å². The molecule has 1 unspecified atom stereocenters. The van der Waals surface area contributed by atoms with Crippen LogP contribution in [0, 0.1) is 17.8 Å². The highest BCUT2D eigenvalue weighted by Crippen LogP contribution is 2.50. The van der Waals surface area contributed by atoms with Crippen LogP contribution >= 0.6 is 0 Å². The zero-order valence-corrected chi connectivity index (χ0v) is 7.60. The summed E-state index contributed by atoms with van der Waals surface area (Å²) in [5.74, 6) is 4.10. The molecule has 0 heterocycles. The normalized spacial score (nSPS) is 33.0. The maximum absolute atomic E-state index is 2.32. The Bertz CT molecular complexity index is 124. The molecule has 2 fully saturated rings. The summed E-state index contributed by atoms with van der Waals surface area (Å²) < 4.78 is 0. The van der Waals surface area contributed by atoms with Gasteiger partial charge in [0.1, 0.15) is 0 Å². The van der Waals surface area contributed by atoms with Gasteiger partial charge in [-0.1, -0.05) is 26.2 Å². The van der Waals surface area contributed by atoms with Gasteiger partial charge >= 0.3 is 0 Å². The van der Waals surface area contributed by atoms with E-state index in [1.54, 1.807) is 0 Å². The van der Waals surface area contributed by atoms with Gasteiger partial charge in [0.05, 0.1) is 0 Å². The van der Waals surface area contributed by atoms with Crippen molar-refractivity contribution in [2.24, 2.45) is 11.8 Å². The van der Waals surface area contributed by atoms with Crippen LogP contribution in [-0.2, 0) is 0 Å². The Morgan fingerprint density at radius 1 is 1.27 bits per heavy atom. The fraction of sp³-hybridized carbons (Fsp3) is 0.909. The van der Waals surface area contributed by atoms with Crippen LogP contribution in [0.4, 0.5) is 0 Å². The van der Waals surface area contributed by atoms with E-state index in [0.29, 0.717) is 0 Å². The zero-order valence-electron chi connectivity index (χ0n) is 7.60. The lowest BCUT2D eigenvalue weighted by molar-refractivity contribution is 0.198. The van der Waals surface area contributed by atoms with Crippen molar-refractivity contribution in [2.45, 2.75) is 51.9 Å². The smallest absolute Gasteiger partial charge is 0.0179 e. The predicted octanol–water partition coefficient (Wildman–Crippen LogP) is 3.57. The molecule has 0 amide bonds. The van der Waals surface area contributed by atoms with E-state index in [-0.39, 0.29) is 0 Å². The number of hydrogen-bond donors (Lipinski definition) is 0. The van der Waals surface area contributed by atoms with E-state index in [0.717, 1.165) is 11.8 Å². The Balaban J connectivity index is 1.76. The second-order valence-corrected chi connectivity index (χ2v) is 4.23. The van der Waals surface area contributed by atoms with E-state index in [2.05, 4.69) is 6.92 Å². The standard InChI is InChI=1S/C11H19/c1-2-4-9-7-8-11(9)10-5-3-6-10/h9-10H,2-8H2,1H3. The second-order valence-electron chi connectivity index (χ2n) is 4.23. The van der Waals surface area contributed by atoms with Crippen molar-refractivity contribution in [3.63, 3.8) is 0 Å². The lowest BCUT2D eigenvalue weighted by Gasteiger charge is -2.45. The molecule has 0 spiro atoms. The highest BCUT2D eigenvalue weighted by molar-refractivity contribution is 5.11. The summed E-state index contributed by atoms with van der Waals surface area (Å²) in [6.45, 7) is 2.32. The topological polar surface area (TPSA) is 0 Å². The summed E-state index contributed by atoms with van der Waals surface area (Å²) in [5.41, 5.74) is 0. The molecule has 11 heavy (non-hydrogen) atoms. The van der Waals surface area contributed by atoms with Gasteiger partial charge in [0.15, 0.2) is 0 Å². The highest BCUT2D eigenvalue weighted by atomic mass is 14.4. The van der Waals surface area contributed by atoms with Crippen molar-refractivity contribution < 1.29 is 0 Å². The molecule has 1 radical (unpaired) electrons. The summed E-state index contributed by atoms with van der Waals surface area (Å²) in [7, 11) is 0. The third kappa shape index (κ3) is 1.32. The summed E-state index contributed by atoms with van der Waals surface area (Å²) >= 11 is 0. The first-order valence-electron chi connectivity index (χ1n) is 5.27. The van der Waals surface area contributed by atoms with Gasteiger partial charge in [0, 0.05) is 0 Å². The van der Waals surface area contributed by atoms with Gasteiger partial charge < -0.3 is 0 Å². The van der Waals surface area contributed by atoms with Crippen LogP contribution in [0.25, 0.3) is 0 Å². The Labute approximate surface area is 70.4 Å². The molecule has 0 aromatic carbocycles. The molecule has 2 aliphatic carbocycles. The maximum atomic E-state index is 2.32. The zero-order chi connectivity index (χ0) is 7.68. The van der Waals surface area contributed by atoms with Crippen LogP contribution < -0.4 is 0 Å². The molecule has 0 N–H and O–H groups in total. The van der Waals surface area contributed by atoms with E-state index in [1.807, 2.05) is 5.92 Å². The minimum Gasteiger partial charge on any atom is -0.0654 e. The van der Waals surface area contributed by atoms with E-state index in [4.69, 9.17) is 0 Å². The molecule has 0 bridgehead atoms. The average molecular weight is 151 g/mol. The monoisotopic (exact) mass is 151 g/mol. The van der Waals surface area contributed by atoms with Crippen LogP contribution in [-0.4, -0.2) is 0 Å². The largest absolute Gasteiger partial charge is 0.0654 e. The molecule has 0 saturated heterocycles. The minimum atomic E-state index is 1.06. The lowest BCUT2D eigenvalue weighted by atomic mass is 9.60. The molecule has 0 aromatic heterocycles. The van der Waals surface area contributed by atoms with E-state index in [1.165, 1.54) is 44.9 Å². The molecule has 63 valence electrons. The number of rotatable bonds is 3. The molecule has 1 atom stereocenters. The van der Waals surface area contributed by atoms with Crippen molar-refractivity contribution in [3.8, 4) is 0 Å². The third-order valence-electron chi connectivity index (χ3n) is 3.57. The Hall–Kier alpha value is 0. The summed E-state index contributed by atoms with van der Waals surface area (Å²) in [5, 5.41) is 0. The second kappa shape index (κ2) is 3.16.